The molecule has 0 aliphatic heterocycles. The van der Waals surface area contributed by atoms with Gasteiger partial charge >= 0.3 is 0 Å². The summed E-state index contributed by atoms with van der Waals surface area (Å²) in [6.45, 7) is 6.19. The van der Waals surface area contributed by atoms with Gasteiger partial charge in [0, 0.05) is 6.04 Å². The van der Waals surface area contributed by atoms with Gasteiger partial charge in [-0.25, -0.2) is 0 Å². The Kier molecular flexibility index (Phi) is 7.32. The van der Waals surface area contributed by atoms with Crippen LogP contribution in [0.25, 0.3) is 0 Å². The van der Waals surface area contributed by atoms with Gasteiger partial charge in [-0.3, -0.25) is 0 Å². The highest BCUT2D eigenvalue weighted by atomic mass is 14.9. The average molecular weight is 179 g/mol. The van der Waals surface area contributed by atoms with E-state index in [1.54, 1.807) is 0 Å². The molecule has 0 aliphatic carbocycles. The van der Waals surface area contributed by atoms with Gasteiger partial charge in [-0.2, -0.15) is 0 Å². The van der Waals surface area contributed by atoms with Gasteiger partial charge in [0.1, 0.15) is 0 Å². The first kappa shape index (κ1) is 12.2. The standard InChI is InChI=1S/C10H15N.C2H6/c1-3-10(11-2)9-7-5-4-6-8-9;1-2/h4-8,10-11H,3H2,1-2H3;1-2H3/t10-;/m0./s1. The third-order valence-corrected chi connectivity index (χ3v) is 1.96. The fraction of sp³-hybridized carbons (Fsp3) is 0.500. The molecule has 0 saturated carbocycles. The number of rotatable bonds is 3. The first-order valence-electron chi connectivity index (χ1n) is 5.10. The van der Waals surface area contributed by atoms with E-state index in [2.05, 4.69) is 36.5 Å². The summed E-state index contributed by atoms with van der Waals surface area (Å²) in [4.78, 5) is 0. The van der Waals surface area contributed by atoms with Crippen LogP contribution in [-0.4, -0.2) is 7.05 Å². The summed E-state index contributed by atoms with van der Waals surface area (Å²) in [5.74, 6) is 0. The third-order valence-electron chi connectivity index (χ3n) is 1.96. The van der Waals surface area contributed by atoms with E-state index in [9.17, 15) is 0 Å². The van der Waals surface area contributed by atoms with Crippen molar-refractivity contribution in [3.05, 3.63) is 35.9 Å². The van der Waals surface area contributed by atoms with Crippen molar-refractivity contribution in [2.75, 3.05) is 7.05 Å². The third kappa shape index (κ3) is 4.09. The molecule has 0 amide bonds. The van der Waals surface area contributed by atoms with E-state index in [4.69, 9.17) is 0 Å². The fourth-order valence-electron chi connectivity index (χ4n) is 1.29. The highest BCUT2D eigenvalue weighted by Crippen LogP contribution is 2.14. The van der Waals surface area contributed by atoms with Gasteiger partial charge in [0.25, 0.3) is 0 Å². The van der Waals surface area contributed by atoms with Crippen molar-refractivity contribution in [2.24, 2.45) is 0 Å². The molecule has 1 aromatic carbocycles. The molecule has 0 saturated heterocycles. The van der Waals surface area contributed by atoms with E-state index in [1.165, 1.54) is 5.56 Å². The van der Waals surface area contributed by atoms with Crippen molar-refractivity contribution in [2.45, 2.75) is 33.2 Å². The summed E-state index contributed by atoms with van der Waals surface area (Å²) in [6, 6.07) is 11.0. The molecule has 0 bridgehead atoms. The maximum Gasteiger partial charge on any atom is 0.0314 e. The molecule has 0 spiro atoms. The molecule has 0 unspecified atom stereocenters. The molecule has 74 valence electrons. The molecule has 0 aliphatic rings. The molecule has 0 heterocycles. The summed E-state index contributed by atoms with van der Waals surface area (Å²) in [5.41, 5.74) is 1.37. The second kappa shape index (κ2) is 7.81. The van der Waals surface area contributed by atoms with Crippen molar-refractivity contribution in [1.82, 2.24) is 5.32 Å². The second-order valence-electron chi connectivity index (χ2n) is 2.66. The molecule has 1 rings (SSSR count). The molecule has 1 heteroatoms. The second-order valence-corrected chi connectivity index (χ2v) is 2.66. The molecule has 1 nitrogen and oxygen atoms in total. The minimum Gasteiger partial charge on any atom is -0.313 e. The summed E-state index contributed by atoms with van der Waals surface area (Å²) in [7, 11) is 2.00. The lowest BCUT2D eigenvalue weighted by atomic mass is 10.1. The Balaban J connectivity index is 0.000000671. The lowest BCUT2D eigenvalue weighted by Crippen LogP contribution is -2.14. The first-order valence-corrected chi connectivity index (χ1v) is 5.10. The highest BCUT2D eigenvalue weighted by Gasteiger charge is 2.03. The van der Waals surface area contributed by atoms with E-state index < -0.39 is 0 Å². The zero-order valence-electron chi connectivity index (χ0n) is 9.17. The first-order chi connectivity index (χ1) is 6.38. The van der Waals surface area contributed by atoms with E-state index >= 15 is 0 Å². The van der Waals surface area contributed by atoms with Gasteiger partial charge in [-0.1, -0.05) is 51.1 Å². The van der Waals surface area contributed by atoms with Crippen LogP contribution in [0.4, 0.5) is 0 Å². The SMILES string of the molecule is CC.CC[C@H](NC)c1ccccc1. The maximum absolute atomic E-state index is 3.27. The molecule has 0 aromatic heterocycles. The molecule has 1 N–H and O–H groups in total. The monoisotopic (exact) mass is 179 g/mol. The average Bonchev–Trinajstić information content (AvgIpc) is 2.24. The fourth-order valence-corrected chi connectivity index (χ4v) is 1.29. The highest BCUT2D eigenvalue weighted by molar-refractivity contribution is 5.18. The summed E-state index contributed by atoms with van der Waals surface area (Å²) in [6.07, 6.45) is 1.14. The maximum atomic E-state index is 3.27. The lowest BCUT2D eigenvalue weighted by Gasteiger charge is -2.13. The molecular weight excluding hydrogens is 158 g/mol. The van der Waals surface area contributed by atoms with E-state index in [1.807, 2.05) is 27.0 Å². The Morgan fingerprint density at radius 2 is 1.69 bits per heavy atom. The molecule has 0 radical (unpaired) electrons. The quantitative estimate of drug-likeness (QED) is 0.750. The van der Waals surface area contributed by atoms with Gasteiger partial charge in [0.05, 0.1) is 0 Å². The summed E-state index contributed by atoms with van der Waals surface area (Å²) < 4.78 is 0. The van der Waals surface area contributed by atoms with Gasteiger partial charge in [-0.05, 0) is 19.0 Å². The minimum atomic E-state index is 0.510. The number of nitrogens with one attached hydrogen (secondary N) is 1. The van der Waals surface area contributed by atoms with E-state index in [-0.39, 0.29) is 0 Å². The van der Waals surface area contributed by atoms with Crippen LogP contribution in [-0.2, 0) is 0 Å². The minimum absolute atomic E-state index is 0.510. The predicted molar refractivity (Wildman–Crippen MR) is 59.9 cm³/mol. The lowest BCUT2D eigenvalue weighted by molar-refractivity contribution is 0.577. The van der Waals surface area contributed by atoms with Crippen molar-refractivity contribution >= 4 is 0 Å². The van der Waals surface area contributed by atoms with Crippen molar-refractivity contribution < 1.29 is 0 Å². The molecule has 0 fully saturated rings. The van der Waals surface area contributed by atoms with E-state index in [0.717, 1.165) is 6.42 Å². The predicted octanol–water partition coefficient (Wildman–Crippen LogP) is 3.38. The van der Waals surface area contributed by atoms with Crippen molar-refractivity contribution in [3.63, 3.8) is 0 Å². The van der Waals surface area contributed by atoms with Crippen LogP contribution in [0, 0.1) is 0 Å². The van der Waals surface area contributed by atoms with Crippen LogP contribution in [0.1, 0.15) is 38.8 Å². The summed E-state index contributed by atoms with van der Waals surface area (Å²) in [5, 5.41) is 3.27. The number of benzene rings is 1. The van der Waals surface area contributed by atoms with Gasteiger partial charge in [0.2, 0.25) is 0 Å². The molecule has 1 aromatic rings. The van der Waals surface area contributed by atoms with Crippen LogP contribution in [0.2, 0.25) is 0 Å². The Morgan fingerprint density at radius 3 is 2.08 bits per heavy atom. The zero-order valence-corrected chi connectivity index (χ0v) is 9.17. The Morgan fingerprint density at radius 1 is 1.15 bits per heavy atom. The topological polar surface area (TPSA) is 12.0 Å². The van der Waals surface area contributed by atoms with Crippen LogP contribution in [0.3, 0.4) is 0 Å². The smallest absolute Gasteiger partial charge is 0.0314 e. The van der Waals surface area contributed by atoms with Crippen LogP contribution >= 0.6 is 0 Å². The van der Waals surface area contributed by atoms with Crippen molar-refractivity contribution in [1.29, 1.82) is 0 Å². The largest absolute Gasteiger partial charge is 0.313 e. The Hall–Kier alpha value is -0.820. The normalized spacial score (nSPS) is 11.4. The zero-order chi connectivity index (χ0) is 10.1. The van der Waals surface area contributed by atoms with Crippen LogP contribution < -0.4 is 5.32 Å². The summed E-state index contributed by atoms with van der Waals surface area (Å²) >= 11 is 0. The molecule has 13 heavy (non-hydrogen) atoms. The molecular formula is C12H21N. The molecule has 1 atom stereocenters. The number of hydrogen-bond donors (Lipinski definition) is 1. The van der Waals surface area contributed by atoms with Gasteiger partial charge < -0.3 is 5.32 Å². The Bertz CT molecular complexity index is 190. The van der Waals surface area contributed by atoms with Crippen LogP contribution in [0.5, 0.6) is 0 Å². The van der Waals surface area contributed by atoms with Crippen LogP contribution in [0.15, 0.2) is 30.3 Å². The Labute approximate surface area is 82.2 Å². The van der Waals surface area contributed by atoms with Gasteiger partial charge in [0.15, 0.2) is 0 Å². The van der Waals surface area contributed by atoms with E-state index in [0.29, 0.717) is 6.04 Å². The number of hydrogen-bond acceptors (Lipinski definition) is 1. The van der Waals surface area contributed by atoms with Gasteiger partial charge in [-0.15, -0.1) is 0 Å². The van der Waals surface area contributed by atoms with Crippen molar-refractivity contribution in [3.8, 4) is 0 Å².